The minimum atomic E-state index is -0.300. The standard InChI is InChI=1S/C28H36N4O5/c1-6-37-28(34)31-13-11-30(12-14-31)18-27(33)32-25(22-9-7-19(2)15-20(22)3)17-24(29-32)23-10-8-21(35-4)16-26(23)36-5/h7-10,15-16,25H,6,11-14,17-18H2,1-5H3/t25-/m0/s1. The van der Waals surface area contributed by atoms with Gasteiger partial charge in [0.2, 0.25) is 0 Å². The minimum Gasteiger partial charge on any atom is -0.497 e. The summed E-state index contributed by atoms with van der Waals surface area (Å²) in [6.45, 7) is 8.80. The van der Waals surface area contributed by atoms with Crippen LogP contribution < -0.4 is 9.47 Å². The lowest BCUT2D eigenvalue weighted by Gasteiger charge is -2.34. The lowest BCUT2D eigenvalue weighted by atomic mass is 9.94. The van der Waals surface area contributed by atoms with E-state index in [9.17, 15) is 9.59 Å². The molecule has 9 heteroatoms. The molecule has 2 amide bonds. The average Bonchev–Trinajstić information content (AvgIpc) is 3.34. The van der Waals surface area contributed by atoms with E-state index in [1.807, 2.05) is 18.2 Å². The number of carbonyl (C=O) groups is 2. The number of rotatable bonds is 7. The summed E-state index contributed by atoms with van der Waals surface area (Å²) in [5.41, 5.74) is 5.03. The van der Waals surface area contributed by atoms with E-state index in [2.05, 4.69) is 36.9 Å². The third-order valence-corrected chi connectivity index (χ3v) is 6.93. The molecule has 0 aliphatic carbocycles. The Kier molecular flexibility index (Phi) is 8.33. The summed E-state index contributed by atoms with van der Waals surface area (Å²) in [6.07, 6.45) is 0.278. The number of hydrazone groups is 1. The fourth-order valence-corrected chi connectivity index (χ4v) is 4.95. The number of amides is 2. The normalized spacial score (nSPS) is 18.0. The van der Waals surface area contributed by atoms with E-state index in [1.54, 1.807) is 31.1 Å². The molecule has 2 aromatic rings. The van der Waals surface area contributed by atoms with Crippen molar-refractivity contribution < 1.29 is 23.8 Å². The van der Waals surface area contributed by atoms with Gasteiger partial charge < -0.3 is 19.1 Å². The first-order chi connectivity index (χ1) is 17.8. The second-order valence-corrected chi connectivity index (χ2v) is 9.39. The summed E-state index contributed by atoms with van der Waals surface area (Å²) in [5, 5.41) is 6.48. The predicted octanol–water partition coefficient (Wildman–Crippen LogP) is 3.77. The highest BCUT2D eigenvalue weighted by atomic mass is 16.6. The van der Waals surface area contributed by atoms with Gasteiger partial charge in [-0.15, -0.1) is 0 Å². The molecule has 0 N–H and O–H groups in total. The van der Waals surface area contributed by atoms with E-state index in [0.29, 0.717) is 50.7 Å². The molecule has 1 fully saturated rings. The van der Waals surface area contributed by atoms with Gasteiger partial charge in [0.05, 0.1) is 39.1 Å². The van der Waals surface area contributed by atoms with Crippen LogP contribution in [0.1, 0.15) is 41.6 Å². The van der Waals surface area contributed by atoms with Crippen LogP contribution in [0.2, 0.25) is 0 Å². The molecular formula is C28H36N4O5. The Hall–Kier alpha value is -3.59. The molecule has 2 aliphatic heterocycles. The van der Waals surface area contributed by atoms with Gasteiger partial charge in [-0.2, -0.15) is 5.10 Å². The zero-order valence-electron chi connectivity index (χ0n) is 22.3. The summed E-state index contributed by atoms with van der Waals surface area (Å²) < 4.78 is 16.1. The molecule has 0 unspecified atom stereocenters. The van der Waals surface area contributed by atoms with Crippen LogP contribution >= 0.6 is 0 Å². The van der Waals surface area contributed by atoms with Gasteiger partial charge in [0.25, 0.3) is 5.91 Å². The molecule has 2 aliphatic rings. The number of hydrogen-bond acceptors (Lipinski definition) is 7. The molecule has 0 bridgehead atoms. The predicted molar refractivity (Wildman–Crippen MR) is 141 cm³/mol. The van der Waals surface area contributed by atoms with Crippen LogP contribution in [0, 0.1) is 13.8 Å². The van der Waals surface area contributed by atoms with Gasteiger partial charge in [0.1, 0.15) is 11.5 Å². The van der Waals surface area contributed by atoms with Crippen molar-refractivity contribution in [2.75, 3.05) is 53.6 Å². The van der Waals surface area contributed by atoms with Crippen molar-refractivity contribution in [2.24, 2.45) is 5.10 Å². The first-order valence-electron chi connectivity index (χ1n) is 12.7. The average molecular weight is 509 g/mol. The fraction of sp³-hybridized carbons (Fsp3) is 0.464. The van der Waals surface area contributed by atoms with Crippen molar-refractivity contribution >= 4 is 17.7 Å². The Morgan fingerprint density at radius 1 is 1.00 bits per heavy atom. The maximum atomic E-state index is 13.6. The smallest absolute Gasteiger partial charge is 0.409 e. The number of methoxy groups -OCH3 is 2. The van der Waals surface area contributed by atoms with Crippen molar-refractivity contribution in [1.82, 2.24) is 14.8 Å². The summed E-state index contributed by atoms with van der Waals surface area (Å²) in [5.74, 6) is 1.28. The van der Waals surface area contributed by atoms with E-state index in [4.69, 9.17) is 19.3 Å². The fourth-order valence-electron chi connectivity index (χ4n) is 4.95. The monoisotopic (exact) mass is 508 g/mol. The van der Waals surface area contributed by atoms with Gasteiger partial charge >= 0.3 is 6.09 Å². The molecule has 198 valence electrons. The molecule has 37 heavy (non-hydrogen) atoms. The molecule has 0 aromatic heterocycles. The lowest BCUT2D eigenvalue weighted by molar-refractivity contribution is -0.134. The van der Waals surface area contributed by atoms with Gasteiger partial charge in [-0.05, 0) is 44.0 Å². The van der Waals surface area contributed by atoms with Gasteiger partial charge in [-0.3, -0.25) is 9.69 Å². The maximum absolute atomic E-state index is 13.6. The molecule has 1 atom stereocenters. The summed E-state index contributed by atoms with van der Waals surface area (Å²) >= 11 is 0. The van der Waals surface area contributed by atoms with Crippen molar-refractivity contribution in [1.29, 1.82) is 0 Å². The van der Waals surface area contributed by atoms with Crippen LogP contribution in [0.3, 0.4) is 0 Å². The van der Waals surface area contributed by atoms with Crippen molar-refractivity contribution in [3.63, 3.8) is 0 Å². The Bertz CT molecular complexity index is 1170. The second kappa shape index (κ2) is 11.6. The SMILES string of the molecule is CCOC(=O)N1CCN(CC(=O)N2N=C(c3ccc(OC)cc3OC)C[C@H]2c2ccc(C)cc2C)CC1. The van der Waals surface area contributed by atoms with E-state index in [1.165, 1.54) is 5.56 Å². The van der Waals surface area contributed by atoms with Gasteiger partial charge in [0.15, 0.2) is 0 Å². The largest absolute Gasteiger partial charge is 0.497 e. The molecule has 1 saturated heterocycles. The molecule has 2 aromatic carbocycles. The van der Waals surface area contributed by atoms with Crippen molar-refractivity contribution in [3.8, 4) is 11.5 Å². The Labute approximate surface area is 218 Å². The van der Waals surface area contributed by atoms with E-state index >= 15 is 0 Å². The van der Waals surface area contributed by atoms with Crippen LogP contribution in [0.15, 0.2) is 41.5 Å². The Morgan fingerprint density at radius 2 is 1.76 bits per heavy atom. The molecule has 2 heterocycles. The number of nitrogens with zero attached hydrogens (tertiary/aromatic N) is 4. The quantitative estimate of drug-likeness (QED) is 0.566. The van der Waals surface area contributed by atoms with Crippen molar-refractivity contribution in [3.05, 3.63) is 58.7 Å². The third kappa shape index (κ3) is 5.88. The summed E-state index contributed by atoms with van der Waals surface area (Å²) in [4.78, 5) is 29.4. The third-order valence-electron chi connectivity index (χ3n) is 6.93. The van der Waals surface area contributed by atoms with E-state index in [-0.39, 0.29) is 24.6 Å². The second-order valence-electron chi connectivity index (χ2n) is 9.39. The number of piperazine rings is 1. The van der Waals surface area contributed by atoms with Gasteiger partial charge in [-0.1, -0.05) is 23.8 Å². The zero-order valence-corrected chi connectivity index (χ0v) is 22.3. The van der Waals surface area contributed by atoms with Crippen LogP contribution in [0.4, 0.5) is 4.79 Å². The summed E-state index contributed by atoms with van der Waals surface area (Å²) in [6, 6.07) is 11.7. The first kappa shape index (κ1) is 26.5. The summed E-state index contributed by atoms with van der Waals surface area (Å²) in [7, 11) is 3.24. The first-order valence-corrected chi connectivity index (χ1v) is 12.7. The number of benzene rings is 2. The number of ether oxygens (including phenoxy) is 3. The van der Waals surface area contributed by atoms with Crippen molar-refractivity contribution in [2.45, 2.75) is 33.2 Å². The minimum absolute atomic E-state index is 0.0722. The van der Waals surface area contributed by atoms with E-state index < -0.39 is 0 Å². The zero-order chi connectivity index (χ0) is 26.5. The van der Waals surface area contributed by atoms with Gasteiger partial charge in [-0.25, -0.2) is 9.80 Å². The highest BCUT2D eigenvalue weighted by Crippen LogP contribution is 2.37. The lowest BCUT2D eigenvalue weighted by Crippen LogP contribution is -2.51. The highest BCUT2D eigenvalue weighted by Gasteiger charge is 2.36. The number of hydrogen-bond donors (Lipinski definition) is 0. The molecule has 0 spiro atoms. The molecule has 9 nitrogen and oxygen atoms in total. The van der Waals surface area contributed by atoms with Crippen LogP contribution in [-0.2, 0) is 9.53 Å². The molecule has 4 rings (SSSR count). The maximum Gasteiger partial charge on any atom is 0.409 e. The molecular weight excluding hydrogens is 472 g/mol. The molecule has 0 saturated carbocycles. The Balaban J connectivity index is 1.57. The number of aryl methyl sites for hydroxylation is 2. The van der Waals surface area contributed by atoms with Crippen LogP contribution in [0.5, 0.6) is 11.5 Å². The Morgan fingerprint density at radius 3 is 2.41 bits per heavy atom. The van der Waals surface area contributed by atoms with Crippen LogP contribution in [0.25, 0.3) is 0 Å². The topological polar surface area (TPSA) is 83.9 Å². The highest BCUT2D eigenvalue weighted by molar-refractivity contribution is 6.05. The van der Waals surface area contributed by atoms with E-state index in [0.717, 1.165) is 22.4 Å². The molecule has 0 radical (unpaired) electrons. The number of carbonyl (C=O) groups excluding carboxylic acids is 2. The van der Waals surface area contributed by atoms with Gasteiger partial charge in [0, 0.05) is 44.2 Å². The van der Waals surface area contributed by atoms with Crippen LogP contribution in [-0.4, -0.2) is 86.1 Å².